The first-order chi connectivity index (χ1) is 4.91. The van der Waals surface area contributed by atoms with Crippen LogP contribution >= 0.6 is 12.9 Å². The van der Waals surface area contributed by atoms with Crippen LogP contribution in [-0.4, -0.2) is 31.4 Å². The second-order valence-corrected chi connectivity index (χ2v) is 4.77. The van der Waals surface area contributed by atoms with Gasteiger partial charge in [0.15, 0.2) is 0 Å². The zero-order valence-electron chi connectivity index (χ0n) is 6.48. The van der Waals surface area contributed by atoms with Gasteiger partial charge in [-0.25, -0.2) is 0 Å². The van der Waals surface area contributed by atoms with Gasteiger partial charge >= 0.3 is 18.2 Å². The largest absolute Gasteiger partial charge is 0.498 e. The average molecular weight is 217 g/mol. The Labute approximate surface area is 78.8 Å². The molecule has 0 aromatic rings. The van der Waals surface area contributed by atoms with E-state index < -0.39 is 0 Å². The molecule has 0 atom stereocenters. The Kier molecular flexibility index (Phi) is 10.9. The fourth-order valence-corrected chi connectivity index (χ4v) is 1.90. The third-order valence-corrected chi connectivity index (χ3v) is 2.92. The zero-order chi connectivity index (χ0) is 7.66. The van der Waals surface area contributed by atoms with E-state index in [1.807, 2.05) is 6.92 Å². The van der Waals surface area contributed by atoms with Gasteiger partial charge in [0.2, 0.25) is 0 Å². The van der Waals surface area contributed by atoms with Crippen LogP contribution in [-0.2, 0) is 4.74 Å². The minimum absolute atomic E-state index is 0.0459. The molecule has 0 aromatic carbocycles. The van der Waals surface area contributed by atoms with Gasteiger partial charge in [-0.1, -0.05) is 0 Å². The summed E-state index contributed by atoms with van der Waals surface area (Å²) >= 11 is 3.41. The first-order valence-corrected chi connectivity index (χ1v) is 8.38. The predicted octanol–water partition coefficient (Wildman–Crippen LogP) is 2.33. The summed E-state index contributed by atoms with van der Waals surface area (Å²) < 4.78 is 7.12. The van der Waals surface area contributed by atoms with E-state index in [2.05, 4.69) is 23.2 Å². The third-order valence-electron chi connectivity index (χ3n) is 1.15. The Balaban J connectivity index is 0.000000162. The SMILES string of the molecule is C1CCOC1.CC=[CH][Mg][Br]. The highest BCUT2D eigenvalue weighted by Crippen LogP contribution is 1.98. The second kappa shape index (κ2) is 9.95. The normalized spacial score (nSPS) is 16.2. The van der Waals surface area contributed by atoms with Crippen LogP contribution in [0.5, 0.6) is 0 Å². The highest BCUT2D eigenvalue weighted by atomic mass is 79.9. The van der Waals surface area contributed by atoms with Crippen LogP contribution in [0.4, 0.5) is 0 Å². The summed E-state index contributed by atoms with van der Waals surface area (Å²) in [7, 11) is 0. The second-order valence-electron chi connectivity index (χ2n) is 2.04. The minimum atomic E-state index is 0.0459. The van der Waals surface area contributed by atoms with Gasteiger partial charge in [0.25, 0.3) is 0 Å². The van der Waals surface area contributed by atoms with E-state index in [1.54, 1.807) is 0 Å². The van der Waals surface area contributed by atoms with E-state index >= 15 is 0 Å². The van der Waals surface area contributed by atoms with Crippen LogP contribution < -0.4 is 0 Å². The molecule has 1 rings (SSSR count). The predicted molar refractivity (Wildman–Crippen MR) is 49.5 cm³/mol. The molecule has 1 aliphatic heterocycles. The van der Waals surface area contributed by atoms with Gasteiger partial charge in [-0.05, 0) is 19.8 Å². The van der Waals surface area contributed by atoms with Gasteiger partial charge < -0.3 is 4.74 Å². The van der Waals surface area contributed by atoms with Crippen molar-refractivity contribution in [1.82, 2.24) is 0 Å². The van der Waals surface area contributed by atoms with E-state index in [-0.39, 0.29) is 18.2 Å². The molecule has 0 saturated carbocycles. The van der Waals surface area contributed by atoms with Crippen LogP contribution in [0.15, 0.2) is 10.3 Å². The summed E-state index contributed by atoms with van der Waals surface area (Å²) in [6, 6.07) is 0. The van der Waals surface area contributed by atoms with Gasteiger partial charge in [-0.2, -0.15) is 4.21 Å². The first kappa shape index (κ1) is 10.9. The molecule has 0 spiro atoms. The number of ether oxygens (including phenoxy) is 1. The van der Waals surface area contributed by atoms with Crippen molar-refractivity contribution < 1.29 is 4.74 Å². The molecule has 0 aliphatic carbocycles. The molecule has 1 heterocycles. The van der Waals surface area contributed by atoms with Crippen LogP contribution in [0.1, 0.15) is 19.8 Å². The first-order valence-electron chi connectivity index (χ1n) is 3.66. The summed E-state index contributed by atoms with van der Waals surface area (Å²) in [6.45, 7) is 4.04. The third kappa shape index (κ3) is 8.95. The van der Waals surface area contributed by atoms with Crippen LogP contribution in [0.25, 0.3) is 0 Å². The molecule has 1 saturated heterocycles. The minimum Gasteiger partial charge on any atom is -0.381 e. The maximum atomic E-state index is 4.94. The van der Waals surface area contributed by atoms with Gasteiger partial charge in [0, 0.05) is 13.2 Å². The molecule has 56 valence electrons. The lowest BCUT2D eigenvalue weighted by molar-refractivity contribution is 0.198. The van der Waals surface area contributed by atoms with Crippen molar-refractivity contribution in [2.45, 2.75) is 19.8 Å². The zero-order valence-corrected chi connectivity index (χ0v) is 9.48. The molecule has 0 amide bonds. The Bertz CT molecular complexity index is 74.1. The molecule has 3 heteroatoms. The number of halogens is 1. The average Bonchev–Trinajstić information content (AvgIpc) is 2.44. The summed E-state index contributed by atoms with van der Waals surface area (Å²) in [4.78, 5) is 0. The molecule has 0 N–H and O–H groups in total. The smallest absolute Gasteiger partial charge is 0.381 e. The quantitative estimate of drug-likeness (QED) is 0.613. The van der Waals surface area contributed by atoms with Gasteiger partial charge in [0.05, 0.1) is 0 Å². The summed E-state index contributed by atoms with van der Waals surface area (Å²) in [5, 5.41) is 0. The molecule has 1 aliphatic rings. The van der Waals surface area contributed by atoms with E-state index in [1.165, 1.54) is 12.8 Å². The Morgan fingerprint density at radius 2 is 2.00 bits per heavy atom. The number of rotatable bonds is 1. The molecular formula is C7H13BrMgO. The lowest BCUT2D eigenvalue weighted by Gasteiger charge is -1.76. The summed E-state index contributed by atoms with van der Waals surface area (Å²) in [5.74, 6) is 0. The van der Waals surface area contributed by atoms with Crippen molar-refractivity contribution in [3.8, 4) is 0 Å². The Hall–Kier alpha value is 0.946. The number of hydrogen-bond acceptors (Lipinski definition) is 1. The summed E-state index contributed by atoms with van der Waals surface area (Å²) in [6.07, 6.45) is 4.63. The van der Waals surface area contributed by atoms with Crippen LogP contribution in [0, 0.1) is 0 Å². The maximum Gasteiger partial charge on any atom is 0.498 e. The number of hydrogen-bond donors (Lipinski definition) is 0. The monoisotopic (exact) mass is 216 g/mol. The summed E-state index contributed by atoms with van der Waals surface area (Å²) in [5.41, 5.74) is 0. The molecule has 0 bridgehead atoms. The molecule has 10 heavy (non-hydrogen) atoms. The van der Waals surface area contributed by atoms with Crippen molar-refractivity contribution in [2.75, 3.05) is 13.2 Å². The topological polar surface area (TPSA) is 9.23 Å². The standard InChI is InChI=1S/C4H8O.C3H5.BrH.Mg/c1-2-4-5-3-1;1-3-2;;/h1-4H2;1,3H,2H3;1H;/q;;;+1/p-1. The van der Waals surface area contributed by atoms with Gasteiger partial charge in [0.1, 0.15) is 0 Å². The van der Waals surface area contributed by atoms with Crippen LogP contribution in [0.3, 0.4) is 0 Å². The van der Waals surface area contributed by atoms with Crippen molar-refractivity contribution in [2.24, 2.45) is 0 Å². The fourth-order valence-electron chi connectivity index (χ4n) is 0.599. The molecule has 0 unspecified atom stereocenters. The van der Waals surface area contributed by atoms with E-state index in [0.29, 0.717) is 0 Å². The highest BCUT2D eigenvalue weighted by Gasteiger charge is 1.94. The Morgan fingerprint density at radius 1 is 1.40 bits per heavy atom. The lowest BCUT2D eigenvalue weighted by atomic mass is 10.4. The highest BCUT2D eigenvalue weighted by molar-refractivity contribution is 9.23. The van der Waals surface area contributed by atoms with E-state index in [4.69, 9.17) is 4.74 Å². The maximum absolute atomic E-state index is 4.94. The molecular weight excluding hydrogens is 204 g/mol. The fraction of sp³-hybridized carbons (Fsp3) is 0.714. The Morgan fingerprint density at radius 3 is 2.10 bits per heavy atom. The molecule has 1 nitrogen and oxygen atoms in total. The van der Waals surface area contributed by atoms with Crippen LogP contribution in [0.2, 0.25) is 0 Å². The molecule has 0 aromatic heterocycles. The molecule has 0 radical (unpaired) electrons. The van der Waals surface area contributed by atoms with E-state index in [9.17, 15) is 0 Å². The molecule has 1 fully saturated rings. The van der Waals surface area contributed by atoms with Crippen molar-refractivity contribution in [3.05, 3.63) is 10.3 Å². The van der Waals surface area contributed by atoms with Crippen molar-refractivity contribution in [3.63, 3.8) is 0 Å². The van der Waals surface area contributed by atoms with Gasteiger partial charge in [-0.15, -0.1) is 6.08 Å². The van der Waals surface area contributed by atoms with E-state index in [0.717, 1.165) is 13.2 Å². The lowest BCUT2D eigenvalue weighted by Crippen LogP contribution is -1.74. The number of allylic oxidation sites excluding steroid dienone is 1. The van der Waals surface area contributed by atoms with Crippen molar-refractivity contribution >= 4 is 31.1 Å². The van der Waals surface area contributed by atoms with Gasteiger partial charge in [-0.3, -0.25) is 12.9 Å². The van der Waals surface area contributed by atoms with Crippen molar-refractivity contribution in [1.29, 1.82) is 0 Å².